The molecule has 0 aliphatic carbocycles. The van der Waals surface area contributed by atoms with Gasteiger partial charge in [-0.2, -0.15) is 0 Å². The second-order valence-corrected chi connectivity index (χ2v) is 4.69. The van der Waals surface area contributed by atoms with E-state index in [0.717, 1.165) is 36.5 Å². The van der Waals surface area contributed by atoms with Crippen LogP contribution in [0.2, 0.25) is 0 Å². The zero-order valence-electron chi connectivity index (χ0n) is 9.82. The van der Waals surface area contributed by atoms with E-state index in [1.807, 2.05) is 18.2 Å². The number of hydrogen-bond acceptors (Lipinski definition) is 3. The van der Waals surface area contributed by atoms with E-state index >= 15 is 0 Å². The second kappa shape index (κ2) is 4.04. The maximum absolute atomic E-state index is 12.0. The van der Waals surface area contributed by atoms with Crippen molar-refractivity contribution in [3.05, 3.63) is 29.3 Å². The molecule has 2 aliphatic heterocycles. The molecule has 1 fully saturated rings. The zero-order chi connectivity index (χ0) is 11.8. The first-order valence-corrected chi connectivity index (χ1v) is 5.96. The van der Waals surface area contributed by atoms with Gasteiger partial charge in [0.2, 0.25) is 0 Å². The van der Waals surface area contributed by atoms with Gasteiger partial charge in [-0.05, 0) is 23.6 Å². The van der Waals surface area contributed by atoms with Crippen molar-refractivity contribution in [1.82, 2.24) is 10.6 Å². The number of methoxy groups -OCH3 is 1. The number of rotatable bonds is 1. The van der Waals surface area contributed by atoms with E-state index in [2.05, 4.69) is 10.6 Å². The van der Waals surface area contributed by atoms with Crippen molar-refractivity contribution in [2.75, 3.05) is 26.7 Å². The molecule has 1 amide bonds. The Morgan fingerprint density at radius 3 is 3.00 bits per heavy atom. The fourth-order valence-corrected chi connectivity index (χ4v) is 2.81. The SMILES string of the molecule is COc1ccc2c(c1)C(=O)NC[C@@H]1CNC[C@H]21. The van der Waals surface area contributed by atoms with E-state index in [9.17, 15) is 4.79 Å². The molecule has 3 rings (SSSR count). The molecule has 4 heteroatoms. The predicted octanol–water partition coefficient (Wildman–Crippen LogP) is 0.742. The predicted molar refractivity (Wildman–Crippen MR) is 64.4 cm³/mol. The van der Waals surface area contributed by atoms with E-state index < -0.39 is 0 Å². The van der Waals surface area contributed by atoms with Gasteiger partial charge in [-0.3, -0.25) is 4.79 Å². The van der Waals surface area contributed by atoms with Crippen molar-refractivity contribution in [2.24, 2.45) is 5.92 Å². The van der Waals surface area contributed by atoms with Crippen molar-refractivity contribution >= 4 is 5.91 Å². The van der Waals surface area contributed by atoms with Crippen molar-refractivity contribution in [3.63, 3.8) is 0 Å². The van der Waals surface area contributed by atoms with Crippen LogP contribution in [0.3, 0.4) is 0 Å². The third kappa shape index (κ3) is 1.69. The van der Waals surface area contributed by atoms with Gasteiger partial charge in [0.05, 0.1) is 7.11 Å². The number of carbonyl (C=O) groups is 1. The average molecular weight is 232 g/mol. The van der Waals surface area contributed by atoms with Crippen LogP contribution in [0.4, 0.5) is 0 Å². The number of fused-ring (bicyclic) bond motifs is 3. The van der Waals surface area contributed by atoms with Crippen LogP contribution in [0.15, 0.2) is 18.2 Å². The molecule has 17 heavy (non-hydrogen) atoms. The van der Waals surface area contributed by atoms with Gasteiger partial charge in [0.15, 0.2) is 0 Å². The van der Waals surface area contributed by atoms with Gasteiger partial charge in [0.25, 0.3) is 5.91 Å². The number of hydrogen-bond donors (Lipinski definition) is 2. The minimum Gasteiger partial charge on any atom is -0.497 e. The minimum atomic E-state index is 0.0216. The van der Waals surface area contributed by atoms with Crippen LogP contribution in [0.25, 0.3) is 0 Å². The maximum Gasteiger partial charge on any atom is 0.251 e. The Labute approximate surface area is 100 Å². The van der Waals surface area contributed by atoms with Crippen LogP contribution in [0.5, 0.6) is 5.75 Å². The van der Waals surface area contributed by atoms with E-state index in [0.29, 0.717) is 11.8 Å². The summed E-state index contributed by atoms with van der Waals surface area (Å²) in [4.78, 5) is 12.0. The van der Waals surface area contributed by atoms with E-state index in [1.165, 1.54) is 0 Å². The maximum atomic E-state index is 12.0. The third-order valence-electron chi connectivity index (χ3n) is 3.77. The number of amides is 1. The summed E-state index contributed by atoms with van der Waals surface area (Å²) in [5.41, 5.74) is 1.91. The first kappa shape index (κ1) is 10.6. The fourth-order valence-electron chi connectivity index (χ4n) is 2.81. The van der Waals surface area contributed by atoms with Gasteiger partial charge in [-0.1, -0.05) is 6.07 Å². The molecule has 4 nitrogen and oxygen atoms in total. The Morgan fingerprint density at radius 2 is 2.18 bits per heavy atom. The molecule has 2 N–H and O–H groups in total. The molecule has 1 aromatic rings. The zero-order valence-corrected chi connectivity index (χ0v) is 9.82. The molecule has 0 bridgehead atoms. The molecule has 2 atom stereocenters. The van der Waals surface area contributed by atoms with Crippen LogP contribution >= 0.6 is 0 Å². The van der Waals surface area contributed by atoms with E-state index in [1.54, 1.807) is 7.11 Å². The molecular formula is C13H16N2O2. The van der Waals surface area contributed by atoms with Crippen molar-refractivity contribution in [1.29, 1.82) is 0 Å². The Hall–Kier alpha value is -1.55. The van der Waals surface area contributed by atoms with Gasteiger partial charge in [0.1, 0.15) is 5.75 Å². The summed E-state index contributed by atoms with van der Waals surface area (Å²) in [6, 6.07) is 5.81. The normalized spacial score (nSPS) is 26.8. The summed E-state index contributed by atoms with van der Waals surface area (Å²) in [6.45, 7) is 2.70. The van der Waals surface area contributed by atoms with Gasteiger partial charge in [-0.25, -0.2) is 0 Å². The van der Waals surface area contributed by atoms with E-state index in [-0.39, 0.29) is 5.91 Å². The highest BCUT2D eigenvalue weighted by atomic mass is 16.5. The molecule has 0 unspecified atom stereocenters. The summed E-state index contributed by atoms with van der Waals surface area (Å²) in [5.74, 6) is 1.71. The monoisotopic (exact) mass is 232 g/mol. The number of carbonyl (C=O) groups excluding carboxylic acids is 1. The molecule has 2 aliphatic rings. The van der Waals surface area contributed by atoms with Gasteiger partial charge < -0.3 is 15.4 Å². The van der Waals surface area contributed by atoms with Crippen LogP contribution in [-0.2, 0) is 0 Å². The van der Waals surface area contributed by atoms with Crippen molar-refractivity contribution < 1.29 is 9.53 Å². The summed E-state index contributed by atoms with van der Waals surface area (Å²) in [6.07, 6.45) is 0. The first-order chi connectivity index (χ1) is 8.29. The van der Waals surface area contributed by atoms with Crippen LogP contribution in [0.1, 0.15) is 21.8 Å². The lowest BCUT2D eigenvalue weighted by Gasteiger charge is -2.16. The lowest BCUT2D eigenvalue weighted by atomic mass is 9.87. The Morgan fingerprint density at radius 1 is 1.29 bits per heavy atom. The summed E-state index contributed by atoms with van der Waals surface area (Å²) < 4.78 is 5.19. The Balaban J connectivity index is 2.09. The number of ether oxygens (including phenoxy) is 1. The van der Waals surface area contributed by atoms with Crippen molar-refractivity contribution in [2.45, 2.75) is 5.92 Å². The second-order valence-electron chi connectivity index (χ2n) is 4.69. The summed E-state index contributed by atoms with van der Waals surface area (Å²) in [7, 11) is 1.62. The van der Waals surface area contributed by atoms with Gasteiger partial charge in [-0.15, -0.1) is 0 Å². The highest BCUT2D eigenvalue weighted by Gasteiger charge is 2.34. The summed E-state index contributed by atoms with van der Waals surface area (Å²) >= 11 is 0. The van der Waals surface area contributed by atoms with Crippen LogP contribution in [-0.4, -0.2) is 32.7 Å². The Kier molecular flexibility index (Phi) is 2.52. The number of nitrogens with one attached hydrogen (secondary N) is 2. The first-order valence-electron chi connectivity index (χ1n) is 5.96. The topological polar surface area (TPSA) is 50.4 Å². The van der Waals surface area contributed by atoms with Gasteiger partial charge >= 0.3 is 0 Å². The average Bonchev–Trinajstić information content (AvgIpc) is 2.78. The molecular weight excluding hydrogens is 216 g/mol. The highest BCUT2D eigenvalue weighted by Crippen LogP contribution is 2.33. The third-order valence-corrected chi connectivity index (χ3v) is 3.77. The number of benzene rings is 1. The highest BCUT2D eigenvalue weighted by molar-refractivity contribution is 5.96. The smallest absolute Gasteiger partial charge is 0.251 e. The van der Waals surface area contributed by atoms with E-state index in [4.69, 9.17) is 4.74 Å². The van der Waals surface area contributed by atoms with Crippen LogP contribution in [0, 0.1) is 5.92 Å². The Bertz CT molecular complexity index is 459. The fraction of sp³-hybridized carbons (Fsp3) is 0.462. The van der Waals surface area contributed by atoms with Crippen molar-refractivity contribution in [3.8, 4) is 5.75 Å². The molecule has 0 spiro atoms. The molecule has 0 radical (unpaired) electrons. The molecule has 2 heterocycles. The van der Waals surface area contributed by atoms with Crippen LogP contribution < -0.4 is 15.4 Å². The largest absolute Gasteiger partial charge is 0.497 e. The minimum absolute atomic E-state index is 0.0216. The quantitative estimate of drug-likeness (QED) is 0.751. The molecule has 0 saturated carbocycles. The van der Waals surface area contributed by atoms with Gasteiger partial charge in [0, 0.05) is 31.1 Å². The lowest BCUT2D eigenvalue weighted by molar-refractivity contribution is 0.0952. The standard InChI is InChI=1S/C13H16N2O2/c1-17-9-2-3-10-11(4-9)13(16)15-6-8-5-14-7-12(8)10/h2-4,8,12,14H,5-7H2,1H3,(H,15,16)/t8-,12-/m0/s1. The molecule has 90 valence electrons. The molecule has 0 aromatic heterocycles. The molecule has 1 saturated heterocycles. The summed E-state index contributed by atoms with van der Waals surface area (Å²) in [5, 5.41) is 6.38. The molecule has 1 aromatic carbocycles. The lowest BCUT2D eigenvalue weighted by Crippen LogP contribution is -2.28.